The molecule has 1 saturated heterocycles. The van der Waals surface area contributed by atoms with Crippen molar-refractivity contribution >= 4 is 0 Å². The molecule has 1 atom stereocenters. The van der Waals surface area contributed by atoms with E-state index in [0.29, 0.717) is 12.0 Å². The number of aromatic nitrogens is 4. The van der Waals surface area contributed by atoms with Crippen molar-refractivity contribution in [2.24, 2.45) is 7.05 Å². The summed E-state index contributed by atoms with van der Waals surface area (Å²) in [6, 6.07) is 2.60. The predicted molar refractivity (Wildman–Crippen MR) is 82.9 cm³/mol. The van der Waals surface area contributed by atoms with Gasteiger partial charge in [0.25, 0.3) is 0 Å². The summed E-state index contributed by atoms with van der Waals surface area (Å²) in [6.45, 7) is 6.79. The number of aryl methyl sites for hydroxylation is 1. The molecule has 0 saturated carbocycles. The van der Waals surface area contributed by atoms with Crippen molar-refractivity contribution in [3.8, 4) is 11.4 Å². The van der Waals surface area contributed by atoms with E-state index in [1.807, 2.05) is 30.2 Å². The van der Waals surface area contributed by atoms with E-state index < -0.39 is 0 Å². The second-order valence-corrected chi connectivity index (χ2v) is 6.06. The topological polar surface area (TPSA) is 46.8 Å². The van der Waals surface area contributed by atoms with Gasteiger partial charge in [-0.2, -0.15) is 5.10 Å². The average Bonchev–Trinajstić information content (AvgIpc) is 2.93. The van der Waals surface area contributed by atoms with Gasteiger partial charge in [0, 0.05) is 44.1 Å². The summed E-state index contributed by atoms with van der Waals surface area (Å²) < 4.78 is 1.87. The maximum atomic E-state index is 4.66. The van der Waals surface area contributed by atoms with Gasteiger partial charge in [-0.1, -0.05) is 0 Å². The van der Waals surface area contributed by atoms with E-state index in [-0.39, 0.29) is 0 Å². The highest BCUT2D eigenvalue weighted by atomic mass is 15.3. The molecule has 0 spiro atoms. The molecular formula is C16H23N5. The number of likely N-dealkylation sites (tertiary alicyclic amines) is 1. The molecular weight excluding hydrogens is 262 g/mol. The first-order chi connectivity index (χ1) is 10.2. The fourth-order valence-corrected chi connectivity index (χ4v) is 3.15. The SMILES string of the molecule is CC(C)N1CCCC(c2nccnc2-c2ccnn2C)C1. The Bertz CT molecular complexity index is 604. The summed E-state index contributed by atoms with van der Waals surface area (Å²) in [5.74, 6) is 0.458. The molecule has 2 aromatic rings. The summed E-state index contributed by atoms with van der Waals surface area (Å²) in [5, 5.41) is 4.26. The largest absolute Gasteiger partial charge is 0.300 e. The standard InChI is InChI=1S/C16H23N5/c1-12(2)21-10-4-5-13(11-21)15-16(18-9-8-17-15)14-6-7-19-20(14)3/h6-9,12-13H,4-5,10-11H2,1-3H3. The Kier molecular flexibility index (Phi) is 4.01. The van der Waals surface area contributed by atoms with Crippen molar-refractivity contribution in [1.82, 2.24) is 24.6 Å². The van der Waals surface area contributed by atoms with Gasteiger partial charge in [-0.05, 0) is 39.3 Å². The van der Waals surface area contributed by atoms with Crippen LogP contribution >= 0.6 is 0 Å². The maximum absolute atomic E-state index is 4.66. The third kappa shape index (κ3) is 2.83. The quantitative estimate of drug-likeness (QED) is 0.869. The molecule has 1 fully saturated rings. The fourth-order valence-electron chi connectivity index (χ4n) is 3.15. The van der Waals surface area contributed by atoms with E-state index in [9.17, 15) is 0 Å². The third-order valence-corrected chi connectivity index (χ3v) is 4.36. The van der Waals surface area contributed by atoms with Crippen LogP contribution in [0.1, 0.15) is 38.3 Å². The van der Waals surface area contributed by atoms with Crippen LogP contribution in [0.15, 0.2) is 24.7 Å². The number of nitrogens with zero attached hydrogens (tertiary/aromatic N) is 5. The predicted octanol–water partition coefficient (Wildman–Crippen LogP) is 2.46. The zero-order chi connectivity index (χ0) is 14.8. The van der Waals surface area contributed by atoms with Crippen molar-refractivity contribution in [2.75, 3.05) is 13.1 Å². The molecule has 2 aromatic heterocycles. The summed E-state index contributed by atoms with van der Waals surface area (Å²) in [5.41, 5.74) is 3.14. The summed E-state index contributed by atoms with van der Waals surface area (Å²) in [6.07, 6.45) is 7.81. The Hall–Kier alpha value is -1.75. The Morgan fingerprint density at radius 2 is 2.00 bits per heavy atom. The van der Waals surface area contributed by atoms with Crippen molar-refractivity contribution in [3.63, 3.8) is 0 Å². The van der Waals surface area contributed by atoms with Crippen LogP contribution in [0.5, 0.6) is 0 Å². The van der Waals surface area contributed by atoms with Crippen molar-refractivity contribution < 1.29 is 0 Å². The lowest BCUT2D eigenvalue weighted by Crippen LogP contribution is -2.39. The first kappa shape index (κ1) is 14.2. The first-order valence-electron chi connectivity index (χ1n) is 7.70. The first-order valence-corrected chi connectivity index (χ1v) is 7.70. The fraction of sp³-hybridized carbons (Fsp3) is 0.562. The van der Waals surface area contributed by atoms with Gasteiger partial charge in [0.05, 0.1) is 11.4 Å². The zero-order valence-corrected chi connectivity index (χ0v) is 13.0. The van der Waals surface area contributed by atoms with Gasteiger partial charge in [-0.25, -0.2) is 0 Å². The molecule has 0 aromatic carbocycles. The van der Waals surface area contributed by atoms with Crippen molar-refractivity contribution in [3.05, 3.63) is 30.4 Å². The molecule has 5 nitrogen and oxygen atoms in total. The van der Waals surface area contributed by atoms with E-state index >= 15 is 0 Å². The van der Waals surface area contributed by atoms with Gasteiger partial charge in [0.1, 0.15) is 5.69 Å². The van der Waals surface area contributed by atoms with Crippen LogP contribution < -0.4 is 0 Å². The van der Waals surface area contributed by atoms with Gasteiger partial charge < -0.3 is 4.90 Å². The highest BCUT2D eigenvalue weighted by Gasteiger charge is 2.27. The molecule has 3 heterocycles. The van der Waals surface area contributed by atoms with E-state index in [4.69, 9.17) is 0 Å². The molecule has 21 heavy (non-hydrogen) atoms. The number of rotatable bonds is 3. The third-order valence-electron chi connectivity index (χ3n) is 4.36. The van der Waals surface area contributed by atoms with Crippen LogP contribution in [-0.2, 0) is 7.05 Å². The molecule has 1 aliphatic rings. The number of hydrogen-bond acceptors (Lipinski definition) is 4. The highest BCUT2D eigenvalue weighted by Crippen LogP contribution is 2.31. The summed E-state index contributed by atoms with van der Waals surface area (Å²) in [7, 11) is 1.95. The molecule has 1 unspecified atom stereocenters. The second-order valence-electron chi connectivity index (χ2n) is 6.06. The smallest absolute Gasteiger partial charge is 0.110 e. The van der Waals surface area contributed by atoms with Crippen LogP contribution in [0.4, 0.5) is 0 Å². The lowest BCUT2D eigenvalue weighted by atomic mass is 9.92. The van der Waals surface area contributed by atoms with Crippen LogP contribution in [0.25, 0.3) is 11.4 Å². The normalized spacial score (nSPS) is 20.1. The minimum Gasteiger partial charge on any atom is -0.300 e. The number of piperidine rings is 1. The van der Waals surface area contributed by atoms with Crippen LogP contribution in [0.3, 0.4) is 0 Å². The number of hydrogen-bond donors (Lipinski definition) is 0. The minimum absolute atomic E-state index is 0.458. The van der Waals surface area contributed by atoms with E-state index in [1.165, 1.54) is 19.4 Å². The Morgan fingerprint density at radius 1 is 1.19 bits per heavy atom. The van der Waals surface area contributed by atoms with Crippen LogP contribution in [0.2, 0.25) is 0 Å². The Morgan fingerprint density at radius 3 is 2.71 bits per heavy atom. The second kappa shape index (κ2) is 5.93. The molecule has 0 bridgehead atoms. The van der Waals surface area contributed by atoms with Crippen molar-refractivity contribution in [2.45, 2.75) is 38.6 Å². The Balaban J connectivity index is 1.94. The maximum Gasteiger partial charge on any atom is 0.110 e. The van der Waals surface area contributed by atoms with Gasteiger partial charge in [-0.3, -0.25) is 14.6 Å². The van der Waals surface area contributed by atoms with Crippen LogP contribution in [-0.4, -0.2) is 43.8 Å². The van der Waals surface area contributed by atoms with Gasteiger partial charge in [0.15, 0.2) is 0 Å². The van der Waals surface area contributed by atoms with Crippen molar-refractivity contribution in [1.29, 1.82) is 0 Å². The summed E-state index contributed by atoms with van der Waals surface area (Å²) >= 11 is 0. The lowest BCUT2D eigenvalue weighted by molar-refractivity contribution is 0.166. The molecule has 0 aliphatic carbocycles. The summed E-state index contributed by atoms with van der Waals surface area (Å²) in [4.78, 5) is 11.8. The molecule has 112 valence electrons. The van der Waals surface area contributed by atoms with E-state index in [1.54, 1.807) is 6.20 Å². The van der Waals surface area contributed by atoms with E-state index in [2.05, 4.69) is 33.8 Å². The average molecular weight is 285 g/mol. The van der Waals surface area contributed by atoms with E-state index in [0.717, 1.165) is 23.6 Å². The molecule has 0 amide bonds. The minimum atomic E-state index is 0.458. The molecule has 0 radical (unpaired) electrons. The monoisotopic (exact) mass is 285 g/mol. The lowest BCUT2D eigenvalue weighted by Gasteiger charge is -2.35. The molecule has 0 N–H and O–H groups in total. The van der Waals surface area contributed by atoms with Gasteiger partial charge in [0.2, 0.25) is 0 Å². The highest BCUT2D eigenvalue weighted by molar-refractivity contribution is 5.57. The van der Waals surface area contributed by atoms with Crippen LogP contribution in [0, 0.1) is 0 Å². The van der Waals surface area contributed by atoms with Gasteiger partial charge in [-0.15, -0.1) is 0 Å². The molecule has 5 heteroatoms. The molecule has 3 rings (SSSR count). The Labute approximate surface area is 126 Å². The zero-order valence-electron chi connectivity index (χ0n) is 13.0. The van der Waals surface area contributed by atoms with Gasteiger partial charge >= 0.3 is 0 Å². The molecule has 1 aliphatic heterocycles.